The molecular weight excluding hydrogens is 154 g/mol. The van der Waals surface area contributed by atoms with Gasteiger partial charge in [-0.25, -0.2) is 4.79 Å². The van der Waals surface area contributed by atoms with Gasteiger partial charge in [0.05, 0.1) is 0 Å². The first-order valence-electron chi connectivity index (χ1n) is 2.89. The molecule has 0 heterocycles. The number of ketones is 1. The van der Waals surface area contributed by atoms with Gasteiger partial charge in [0.25, 0.3) is 0 Å². The van der Waals surface area contributed by atoms with Gasteiger partial charge in [-0.2, -0.15) is 0 Å². The van der Waals surface area contributed by atoms with Gasteiger partial charge in [-0.15, -0.1) is 0 Å². The van der Waals surface area contributed by atoms with Crippen LogP contribution in [0.3, 0.4) is 0 Å². The van der Waals surface area contributed by atoms with E-state index in [9.17, 15) is 19.7 Å². The molecule has 0 saturated carbocycles. The lowest BCUT2D eigenvalue weighted by molar-refractivity contribution is -0.496. The van der Waals surface area contributed by atoms with Crippen LogP contribution in [-0.2, 0) is 9.59 Å². The molecule has 0 aliphatic carbocycles. The van der Waals surface area contributed by atoms with Crippen LogP contribution in [0.5, 0.6) is 0 Å². The van der Waals surface area contributed by atoms with Crippen LogP contribution in [0.1, 0.15) is 13.3 Å². The van der Waals surface area contributed by atoms with Gasteiger partial charge in [0, 0.05) is 11.3 Å². The van der Waals surface area contributed by atoms with Gasteiger partial charge in [0.2, 0.25) is 5.78 Å². The van der Waals surface area contributed by atoms with Crippen molar-refractivity contribution in [1.82, 2.24) is 0 Å². The molecule has 6 nitrogen and oxygen atoms in total. The van der Waals surface area contributed by atoms with E-state index in [4.69, 9.17) is 5.11 Å². The van der Waals surface area contributed by atoms with E-state index in [1.54, 1.807) is 0 Å². The van der Waals surface area contributed by atoms with E-state index >= 15 is 0 Å². The quantitative estimate of drug-likeness (QED) is 0.346. The number of aliphatic carboxylic acids is 1. The molecule has 6 heteroatoms. The predicted octanol–water partition coefficient (Wildman–Crippen LogP) is -0.305. The fourth-order valence-corrected chi connectivity index (χ4v) is 0.539. The molecule has 0 aliphatic heterocycles. The van der Waals surface area contributed by atoms with Crippen molar-refractivity contribution in [2.45, 2.75) is 19.4 Å². The molecule has 0 aromatic rings. The van der Waals surface area contributed by atoms with E-state index in [-0.39, 0.29) is 6.42 Å². The van der Waals surface area contributed by atoms with Crippen molar-refractivity contribution in [2.75, 3.05) is 0 Å². The number of rotatable bonds is 4. The van der Waals surface area contributed by atoms with Crippen molar-refractivity contribution in [3.63, 3.8) is 0 Å². The Balaban J connectivity index is 4.47. The van der Waals surface area contributed by atoms with Crippen LogP contribution in [-0.4, -0.2) is 27.8 Å². The normalized spacial score (nSPS) is 12.1. The molecular formula is C5H7NO5. The fourth-order valence-electron chi connectivity index (χ4n) is 0.539. The van der Waals surface area contributed by atoms with Crippen LogP contribution in [0.4, 0.5) is 0 Å². The Kier molecular flexibility index (Phi) is 3.16. The summed E-state index contributed by atoms with van der Waals surface area (Å²) in [4.78, 5) is 29.5. The molecule has 0 amide bonds. The zero-order valence-electron chi connectivity index (χ0n) is 5.81. The topological polar surface area (TPSA) is 97.5 Å². The molecule has 0 saturated heterocycles. The summed E-state index contributed by atoms with van der Waals surface area (Å²) in [5.74, 6) is -2.59. The number of carbonyl (C=O) groups is 2. The molecule has 0 bridgehead atoms. The minimum Gasteiger partial charge on any atom is -0.476 e. The third-order valence-electron chi connectivity index (χ3n) is 1.10. The highest BCUT2D eigenvalue weighted by Crippen LogP contribution is 1.95. The number of nitro groups is 1. The van der Waals surface area contributed by atoms with E-state index in [1.807, 2.05) is 0 Å². The largest absolute Gasteiger partial charge is 0.476 e. The molecule has 62 valence electrons. The standard InChI is InChI=1S/C5H7NO5/c1-2-3(7)4(5(8)9)6(10)11/h4H,2H2,1H3,(H,8,9). The second-order valence-electron chi connectivity index (χ2n) is 1.85. The minimum absolute atomic E-state index is 0.141. The summed E-state index contributed by atoms with van der Waals surface area (Å²) >= 11 is 0. The molecule has 0 aliphatic rings. The summed E-state index contributed by atoms with van der Waals surface area (Å²) in [5.41, 5.74) is 0. The smallest absolute Gasteiger partial charge is 0.387 e. The molecule has 0 fully saturated rings. The number of carbonyl (C=O) groups excluding carboxylic acids is 1. The van der Waals surface area contributed by atoms with Gasteiger partial charge in [0.1, 0.15) is 0 Å². The van der Waals surface area contributed by atoms with Crippen LogP contribution >= 0.6 is 0 Å². The number of Topliss-reactive ketones (excluding diaryl/α,β-unsaturated/α-hetero) is 1. The summed E-state index contributed by atoms with van der Waals surface area (Å²) < 4.78 is 0. The fraction of sp³-hybridized carbons (Fsp3) is 0.600. The Morgan fingerprint density at radius 2 is 2.09 bits per heavy atom. The first kappa shape index (κ1) is 9.54. The van der Waals surface area contributed by atoms with Gasteiger partial charge in [0.15, 0.2) is 0 Å². The average Bonchev–Trinajstić information content (AvgIpc) is 1.85. The van der Waals surface area contributed by atoms with Gasteiger partial charge >= 0.3 is 12.0 Å². The number of hydrogen-bond acceptors (Lipinski definition) is 4. The SMILES string of the molecule is CCC(=O)C(C(=O)O)[N+](=O)[O-]. The Morgan fingerprint density at radius 1 is 1.64 bits per heavy atom. The molecule has 0 rings (SSSR count). The zero-order valence-corrected chi connectivity index (χ0v) is 5.81. The first-order valence-corrected chi connectivity index (χ1v) is 2.89. The van der Waals surface area contributed by atoms with Crippen LogP contribution in [0.25, 0.3) is 0 Å². The first-order chi connectivity index (χ1) is 5.00. The van der Waals surface area contributed by atoms with Crippen LogP contribution in [0, 0.1) is 10.1 Å². The lowest BCUT2D eigenvalue weighted by atomic mass is 10.1. The van der Waals surface area contributed by atoms with E-state index < -0.39 is 22.7 Å². The second kappa shape index (κ2) is 3.65. The third kappa shape index (κ3) is 2.32. The Hall–Kier alpha value is -1.46. The minimum atomic E-state index is -2.10. The van der Waals surface area contributed by atoms with Gasteiger partial charge in [-0.3, -0.25) is 14.9 Å². The highest BCUT2D eigenvalue weighted by atomic mass is 16.6. The molecule has 0 aromatic carbocycles. The maximum absolute atomic E-state index is 10.6. The van der Waals surface area contributed by atoms with Crippen molar-refractivity contribution in [3.8, 4) is 0 Å². The second-order valence-corrected chi connectivity index (χ2v) is 1.85. The zero-order chi connectivity index (χ0) is 9.02. The van der Waals surface area contributed by atoms with Crippen molar-refractivity contribution in [2.24, 2.45) is 0 Å². The summed E-state index contributed by atoms with van der Waals surface area (Å²) in [6.45, 7) is 1.38. The Bertz CT molecular complexity index is 185. The molecule has 0 radical (unpaired) electrons. The maximum Gasteiger partial charge on any atom is 0.387 e. The summed E-state index contributed by atoms with van der Waals surface area (Å²) in [6.07, 6.45) is -0.141. The summed E-state index contributed by atoms with van der Waals surface area (Å²) in [6, 6.07) is -2.10. The number of hydrogen-bond donors (Lipinski definition) is 1. The molecule has 11 heavy (non-hydrogen) atoms. The average molecular weight is 161 g/mol. The molecule has 0 aromatic heterocycles. The Morgan fingerprint density at radius 3 is 2.18 bits per heavy atom. The predicted molar refractivity (Wildman–Crippen MR) is 33.7 cm³/mol. The number of carboxylic acid groups (broad SMARTS) is 1. The van der Waals surface area contributed by atoms with Crippen molar-refractivity contribution < 1.29 is 19.6 Å². The third-order valence-corrected chi connectivity index (χ3v) is 1.10. The summed E-state index contributed by atoms with van der Waals surface area (Å²) in [7, 11) is 0. The van der Waals surface area contributed by atoms with E-state index in [2.05, 4.69) is 0 Å². The van der Waals surface area contributed by atoms with Crippen LogP contribution in [0.15, 0.2) is 0 Å². The number of nitrogens with zero attached hydrogens (tertiary/aromatic N) is 1. The molecule has 1 N–H and O–H groups in total. The maximum atomic E-state index is 10.6. The highest BCUT2D eigenvalue weighted by molar-refractivity contribution is 6.00. The summed E-state index contributed by atoms with van der Waals surface area (Å²) in [5, 5.41) is 18.1. The Labute approximate surface area is 62.0 Å². The van der Waals surface area contributed by atoms with Crippen LogP contribution in [0.2, 0.25) is 0 Å². The monoisotopic (exact) mass is 161 g/mol. The van der Waals surface area contributed by atoms with Crippen molar-refractivity contribution in [3.05, 3.63) is 10.1 Å². The highest BCUT2D eigenvalue weighted by Gasteiger charge is 2.35. The van der Waals surface area contributed by atoms with Gasteiger partial charge in [-0.1, -0.05) is 6.92 Å². The van der Waals surface area contributed by atoms with Crippen molar-refractivity contribution >= 4 is 11.8 Å². The molecule has 1 unspecified atom stereocenters. The van der Waals surface area contributed by atoms with Crippen LogP contribution < -0.4 is 0 Å². The van der Waals surface area contributed by atoms with Gasteiger partial charge in [-0.05, 0) is 0 Å². The van der Waals surface area contributed by atoms with Gasteiger partial charge < -0.3 is 5.11 Å². The lowest BCUT2D eigenvalue weighted by Gasteiger charge is -1.99. The molecule has 0 spiro atoms. The number of carboxylic acids is 1. The van der Waals surface area contributed by atoms with E-state index in [0.717, 1.165) is 0 Å². The van der Waals surface area contributed by atoms with Crippen molar-refractivity contribution in [1.29, 1.82) is 0 Å². The van der Waals surface area contributed by atoms with E-state index in [0.29, 0.717) is 0 Å². The molecule has 1 atom stereocenters. The lowest BCUT2D eigenvalue weighted by Crippen LogP contribution is -2.36. The van der Waals surface area contributed by atoms with E-state index in [1.165, 1.54) is 6.92 Å².